The molecule has 0 aliphatic heterocycles. The van der Waals surface area contributed by atoms with Crippen LogP contribution in [0.4, 0.5) is 0 Å². The lowest BCUT2D eigenvalue weighted by molar-refractivity contribution is 0.226. The van der Waals surface area contributed by atoms with Crippen molar-refractivity contribution in [3.05, 3.63) is 36.0 Å². The lowest BCUT2D eigenvalue weighted by Crippen LogP contribution is -2.04. The van der Waals surface area contributed by atoms with Gasteiger partial charge in [0.15, 0.2) is 0 Å². The molecule has 1 atom stereocenters. The second-order valence-corrected chi connectivity index (χ2v) is 4.09. The number of aliphatic hydroxyl groups excluding tert-OH is 1. The van der Waals surface area contributed by atoms with Crippen LogP contribution in [-0.4, -0.2) is 11.2 Å². The molecule has 0 saturated heterocycles. The fourth-order valence-corrected chi connectivity index (χ4v) is 1.76. The Bertz CT molecular complexity index is 246. The molecule has 0 saturated carbocycles. The number of aliphatic hydroxyl groups is 1. The summed E-state index contributed by atoms with van der Waals surface area (Å²) in [6.07, 6.45) is 17.4. The van der Waals surface area contributed by atoms with Gasteiger partial charge >= 0.3 is 0 Å². The largest absolute Gasteiger partial charge is 0.389 e. The van der Waals surface area contributed by atoms with Crippen molar-refractivity contribution >= 4 is 0 Å². The van der Waals surface area contributed by atoms with E-state index >= 15 is 0 Å². The molecule has 0 heterocycles. The van der Waals surface area contributed by atoms with Gasteiger partial charge in [-0.3, -0.25) is 0 Å². The van der Waals surface area contributed by atoms with Crippen LogP contribution in [0.3, 0.4) is 0 Å². The fraction of sp³-hybridized carbons (Fsp3) is 0.571. The van der Waals surface area contributed by atoms with Gasteiger partial charge in [-0.2, -0.15) is 0 Å². The Labute approximate surface area is 93.2 Å². The van der Waals surface area contributed by atoms with Crippen LogP contribution in [0.1, 0.15) is 45.4 Å². The molecular weight excluding hydrogens is 184 g/mol. The zero-order chi connectivity index (χ0) is 10.9. The summed E-state index contributed by atoms with van der Waals surface area (Å²) in [5.41, 5.74) is 1.19. The molecule has 0 aromatic heterocycles. The Hall–Kier alpha value is -0.820. The van der Waals surface area contributed by atoms with E-state index in [0.717, 1.165) is 38.5 Å². The summed E-state index contributed by atoms with van der Waals surface area (Å²) in [6.45, 7) is 1.86. The maximum Gasteiger partial charge on any atom is 0.0722 e. The zero-order valence-electron chi connectivity index (χ0n) is 9.65. The predicted molar refractivity (Wildman–Crippen MR) is 65.7 cm³/mol. The van der Waals surface area contributed by atoms with E-state index in [0.29, 0.717) is 0 Å². The van der Waals surface area contributed by atoms with E-state index in [1.807, 2.05) is 6.92 Å². The summed E-state index contributed by atoms with van der Waals surface area (Å²) in [6, 6.07) is 0. The van der Waals surface area contributed by atoms with E-state index in [9.17, 15) is 5.11 Å². The molecule has 1 aliphatic rings. The maximum absolute atomic E-state index is 9.57. The van der Waals surface area contributed by atoms with Crippen LogP contribution in [-0.2, 0) is 0 Å². The van der Waals surface area contributed by atoms with Crippen LogP contribution >= 0.6 is 0 Å². The molecule has 0 fully saturated rings. The number of hydrogen-bond acceptors (Lipinski definition) is 1. The van der Waals surface area contributed by atoms with Crippen molar-refractivity contribution < 1.29 is 5.11 Å². The van der Waals surface area contributed by atoms with Crippen molar-refractivity contribution in [3.8, 4) is 0 Å². The third-order valence-corrected chi connectivity index (χ3v) is 2.71. The van der Waals surface area contributed by atoms with Crippen molar-refractivity contribution in [2.45, 2.75) is 51.6 Å². The van der Waals surface area contributed by atoms with Gasteiger partial charge in [-0.25, -0.2) is 0 Å². The average molecular weight is 206 g/mol. The van der Waals surface area contributed by atoms with Gasteiger partial charge in [0.1, 0.15) is 0 Å². The molecule has 1 unspecified atom stereocenters. The fourth-order valence-electron chi connectivity index (χ4n) is 1.76. The third kappa shape index (κ3) is 5.58. The second-order valence-electron chi connectivity index (χ2n) is 4.09. The molecule has 0 aromatic rings. The Morgan fingerprint density at radius 3 is 2.07 bits per heavy atom. The van der Waals surface area contributed by atoms with Crippen LogP contribution in [0.5, 0.6) is 0 Å². The highest BCUT2D eigenvalue weighted by Gasteiger charge is 2.02. The predicted octanol–water partition coefficient (Wildman–Crippen LogP) is 3.76. The van der Waals surface area contributed by atoms with E-state index in [1.165, 1.54) is 5.57 Å². The standard InChI is InChI=1S/C14H22O/c1-13(15)14-11-9-7-5-3-2-4-6-8-10-12-14/h3,5-6,8,11,13,15H,2,4,7,9-10,12H2,1H3/b5-3-,8-6-,14-11+. The summed E-state index contributed by atoms with van der Waals surface area (Å²) in [7, 11) is 0. The van der Waals surface area contributed by atoms with Gasteiger partial charge in [-0.05, 0) is 51.0 Å². The second kappa shape index (κ2) is 7.47. The van der Waals surface area contributed by atoms with Crippen LogP contribution in [0.25, 0.3) is 0 Å². The summed E-state index contributed by atoms with van der Waals surface area (Å²) >= 11 is 0. The van der Waals surface area contributed by atoms with E-state index in [2.05, 4.69) is 30.4 Å². The summed E-state index contributed by atoms with van der Waals surface area (Å²) in [4.78, 5) is 0. The van der Waals surface area contributed by atoms with E-state index in [-0.39, 0.29) is 6.10 Å². The van der Waals surface area contributed by atoms with Crippen LogP contribution < -0.4 is 0 Å². The van der Waals surface area contributed by atoms with Gasteiger partial charge in [0.25, 0.3) is 0 Å². The normalized spacial score (nSPS) is 29.1. The first kappa shape index (κ1) is 12.3. The summed E-state index contributed by atoms with van der Waals surface area (Å²) in [5, 5.41) is 9.57. The lowest BCUT2D eigenvalue weighted by Gasteiger charge is -2.09. The minimum atomic E-state index is -0.287. The highest BCUT2D eigenvalue weighted by Crippen LogP contribution is 2.14. The Morgan fingerprint density at radius 2 is 1.47 bits per heavy atom. The van der Waals surface area contributed by atoms with Crippen molar-refractivity contribution in [2.24, 2.45) is 0 Å². The molecule has 0 aromatic carbocycles. The number of hydrogen-bond donors (Lipinski definition) is 1. The molecule has 1 rings (SSSR count). The minimum absolute atomic E-state index is 0.287. The summed E-state index contributed by atoms with van der Waals surface area (Å²) in [5.74, 6) is 0. The molecule has 1 nitrogen and oxygen atoms in total. The topological polar surface area (TPSA) is 20.2 Å². The smallest absolute Gasteiger partial charge is 0.0722 e. The highest BCUT2D eigenvalue weighted by molar-refractivity contribution is 5.09. The van der Waals surface area contributed by atoms with Gasteiger partial charge in [-0.15, -0.1) is 0 Å². The molecule has 1 heteroatoms. The van der Waals surface area contributed by atoms with E-state index < -0.39 is 0 Å². The zero-order valence-corrected chi connectivity index (χ0v) is 9.65. The Morgan fingerprint density at radius 1 is 0.933 bits per heavy atom. The van der Waals surface area contributed by atoms with Gasteiger partial charge in [0.05, 0.1) is 6.10 Å². The Balaban J connectivity index is 2.55. The van der Waals surface area contributed by atoms with Gasteiger partial charge in [0, 0.05) is 0 Å². The Kier molecular flexibility index (Phi) is 6.10. The molecule has 0 amide bonds. The molecule has 84 valence electrons. The first-order valence-electron chi connectivity index (χ1n) is 5.97. The summed E-state index contributed by atoms with van der Waals surface area (Å²) < 4.78 is 0. The van der Waals surface area contributed by atoms with Gasteiger partial charge < -0.3 is 5.11 Å². The van der Waals surface area contributed by atoms with Gasteiger partial charge in [-0.1, -0.05) is 30.4 Å². The van der Waals surface area contributed by atoms with Crippen molar-refractivity contribution in [1.29, 1.82) is 0 Å². The number of allylic oxidation sites excluding steroid dienone is 5. The van der Waals surface area contributed by atoms with Crippen molar-refractivity contribution in [2.75, 3.05) is 0 Å². The minimum Gasteiger partial charge on any atom is -0.389 e. The third-order valence-electron chi connectivity index (χ3n) is 2.71. The maximum atomic E-state index is 9.57. The highest BCUT2D eigenvalue weighted by atomic mass is 16.3. The molecular formula is C14H22O. The van der Waals surface area contributed by atoms with Crippen LogP contribution in [0, 0.1) is 0 Å². The molecule has 1 aliphatic carbocycles. The van der Waals surface area contributed by atoms with E-state index in [4.69, 9.17) is 0 Å². The SMILES string of the molecule is CC(O)/C1=C/CC/C=C\CC/C=C\CC1. The lowest BCUT2D eigenvalue weighted by atomic mass is 10.0. The molecule has 15 heavy (non-hydrogen) atoms. The van der Waals surface area contributed by atoms with Gasteiger partial charge in [0.2, 0.25) is 0 Å². The monoisotopic (exact) mass is 206 g/mol. The van der Waals surface area contributed by atoms with Crippen molar-refractivity contribution in [1.82, 2.24) is 0 Å². The average Bonchev–Trinajstić information content (AvgIpc) is 2.18. The molecule has 0 bridgehead atoms. The van der Waals surface area contributed by atoms with E-state index in [1.54, 1.807) is 0 Å². The molecule has 0 spiro atoms. The molecule has 1 N–H and O–H groups in total. The first-order valence-corrected chi connectivity index (χ1v) is 5.97. The first-order chi connectivity index (χ1) is 7.30. The number of rotatable bonds is 1. The van der Waals surface area contributed by atoms with Crippen LogP contribution in [0.15, 0.2) is 36.0 Å². The van der Waals surface area contributed by atoms with Crippen molar-refractivity contribution in [3.63, 3.8) is 0 Å². The quantitative estimate of drug-likeness (QED) is 0.648. The molecule has 0 radical (unpaired) electrons. The van der Waals surface area contributed by atoms with Crippen LogP contribution in [0.2, 0.25) is 0 Å².